The first-order valence-corrected chi connectivity index (χ1v) is 6.09. The summed E-state index contributed by atoms with van der Waals surface area (Å²) in [5, 5.41) is 12.9. The largest absolute Gasteiger partial charge is 0.477 e. The van der Waals surface area contributed by atoms with Crippen molar-refractivity contribution in [3.8, 4) is 0 Å². The van der Waals surface area contributed by atoms with Crippen molar-refractivity contribution in [2.75, 3.05) is 5.73 Å². The van der Waals surface area contributed by atoms with Crippen LogP contribution >= 0.6 is 0 Å². The first-order valence-electron chi connectivity index (χ1n) is 6.09. The summed E-state index contributed by atoms with van der Waals surface area (Å²) in [5.74, 6) is -1.21. The van der Waals surface area contributed by atoms with Crippen molar-refractivity contribution in [3.05, 3.63) is 58.0 Å². The SMILES string of the molecule is Nc1nc2n(Cc3ccccc3)cc(C(=O)O)c(=O)n2n1. The van der Waals surface area contributed by atoms with Crippen LogP contribution in [0.1, 0.15) is 15.9 Å². The maximum atomic E-state index is 12.0. The lowest BCUT2D eigenvalue weighted by Gasteiger charge is -2.08. The second-order valence-corrected chi connectivity index (χ2v) is 4.45. The molecular weight excluding hydrogens is 274 g/mol. The molecule has 0 bridgehead atoms. The minimum atomic E-state index is -1.32. The summed E-state index contributed by atoms with van der Waals surface area (Å²) in [5.41, 5.74) is 5.29. The summed E-state index contributed by atoms with van der Waals surface area (Å²) >= 11 is 0. The van der Waals surface area contributed by atoms with Crippen LogP contribution in [0.15, 0.2) is 41.3 Å². The first kappa shape index (κ1) is 12.9. The Morgan fingerprint density at radius 3 is 2.67 bits per heavy atom. The Balaban J connectivity index is 2.23. The van der Waals surface area contributed by atoms with Gasteiger partial charge in [0.1, 0.15) is 5.56 Å². The smallest absolute Gasteiger partial charge is 0.342 e. The highest BCUT2D eigenvalue weighted by Gasteiger charge is 2.17. The monoisotopic (exact) mass is 285 g/mol. The molecule has 1 aromatic carbocycles. The van der Waals surface area contributed by atoms with Gasteiger partial charge in [-0.05, 0) is 5.56 Å². The van der Waals surface area contributed by atoms with Gasteiger partial charge in [-0.25, -0.2) is 4.79 Å². The van der Waals surface area contributed by atoms with Crippen molar-refractivity contribution < 1.29 is 9.90 Å². The number of anilines is 1. The molecule has 0 spiro atoms. The number of rotatable bonds is 3. The summed E-state index contributed by atoms with van der Waals surface area (Å²) in [6.45, 7) is 0.350. The van der Waals surface area contributed by atoms with Crippen molar-refractivity contribution in [1.82, 2.24) is 19.2 Å². The summed E-state index contributed by atoms with van der Waals surface area (Å²) in [6.07, 6.45) is 1.25. The van der Waals surface area contributed by atoms with Gasteiger partial charge in [-0.2, -0.15) is 9.50 Å². The lowest BCUT2D eigenvalue weighted by atomic mass is 10.2. The standard InChI is InChI=1S/C13H11N5O3/c14-12-15-13-17(6-8-4-2-1-3-5-8)7-9(11(20)21)10(19)18(13)16-12/h1-5,7H,6H2,(H2,14,16)(H,20,21). The highest BCUT2D eigenvalue weighted by atomic mass is 16.4. The molecular formula is C13H11N5O3. The fourth-order valence-electron chi connectivity index (χ4n) is 2.07. The van der Waals surface area contributed by atoms with Crippen LogP contribution in [0, 0.1) is 0 Å². The molecule has 0 unspecified atom stereocenters. The van der Waals surface area contributed by atoms with Crippen LogP contribution in [-0.4, -0.2) is 30.2 Å². The lowest BCUT2D eigenvalue weighted by molar-refractivity contribution is 0.0693. The van der Waals surface area contributed by atoms with E-state index in [4.69, 9.17) is 10.8 Å². The van der Waals surface area contributed by atoms with E-state index in [0.29, 0.717) is 6.54 Å². The third kappa shape index (κ3) is 2.22. The molecule has 0 atom stereocenters. The number of hydrogen-bond acceptors (Lipinski definition) is 5. The first-order chi connectivity index (χ1) is 10.1. The lowest BCUT2D eigenvalue weighted by Crippen LogP contribution is -2.26. The quantitative estimate of drug-likeness (QED) is 0.711. The number of aromatic carboxylic acids is 1. The number of carboxylic acids is 1. The molecule has 0 aliphatic rings. The van der Waals surface area contributed by atoms with E-state index in [2.05, 4.69) is 10.1 Å². The van der Waals surface area contributed by atoms with E-state index >= 15 is 0 Å². The third-order valence-corrected chi connectivity index (χ3v) is 3.00. The maximum Gasteiger partial charge on any atom is 0.342 e. The molecule has 8 heteroatoms. The summed E-state index contributed by atoms with van der Waals surface area (Å²) < 4.78 is 2.44. The number of nitrogens with two attached hydrogens (primary N) is 1. The number of nitrogens with zero attached hydrogens (tertiary/aromatic N) is 4. The topological polar surface area (TPSA) is 116 Å². The molecule has 3 rings (SSSR count). The van der Waals surface area contributed by atoms with Crippen LogP contribution < -0.4 is 11.3 Å². The van der Waals surface area contributed by atoms with Gasteiger partial charge < -0.3 is 15.4 Å². The third-order valence-electron chi connectivity index (χ3n) is 3.00. The normalized spacial score (nSPS) is 10.9. The van der Waals surface area contributed by atoms with E-state index in [1.807, 2.05) is 30.3 Å². The Hall–Kier alpha value is -3.16. The molecule has 0 saturated heterocycles. The van der Waals surface area contributed by atoms with Crippen LogP contribution in [0.25, 0.3) is 5.78 Å². The highest BCUT2D eigenvalue weighted by Crippen LogP contribution is 2.08. The molecule has 3 N–H and O–H groups in total. The Kier molecular flexibility index (Phi) is 2.90. The fraction of sp³-hybridized carbons (Fsp3) is 0.0769. The van der Waals surface area contributed by atoms with Gasteiger partial charge in [-0.15, -0.1) is 5.10 Å². The Labute approximate surface area is 118 Å². The molecule has 2 aromatic heterocycles. The molecule has 2 heterocycles. The number of benzene rings is 1. The van der Waals surface area contributed by atoms with E-state index in [9.17, 15) is 9.59 Å². The Bertz CT molecular complexity index is 882. The molecule has 0 saturated carbocycles. The Morgan fingerprint density at radius 1 is 1.29 bits per heavy atom. The van der Waals surface area contributed by atoms with Crippen LogP contribution in [0.2, 0.25) is 0 Å². The van der Waals surface area contributed by atoms with E-state index in [-0.39, 0.29) is 17.3 Å². The zero-order valence-electron chi connectivity index (χ0n) is 10.8. The zero-order chi connectivity index (χ0) is 15.0. The van der Waals surface area contributed by atoms with Crippen molar-refractivity contribution in [3.63, 3.8) is 0 Å². The second kappa shape index (κ2) is 4.75. The van der Waals surface area contributed by atoms with E-state index in [1.165, 1.54) is 10.8 Å². The average molecular weight is 285 g/mol. The van der Waals surface area contributed by atoms with Gasteiger partial charge in [0, 0.05) is 6.20 Å². The summed E-state index contributed by atoms with van der Waals surface area (Å²) in [7, 11) is 0. The average Bonchev–Trinajstić information content (AvgIpc) is 2.85. The zero-order valence-corrected chi connectivity index (χ0v) is 10.8. The minimum Gasteiger partial charge on any atom is -0.477 e. The number of nitrogen functional groups attached to an aromatic ring is 1. The molecule has 8 nitrogen and oxygen atoms in total. The van der Waals surface area contributed by atoms with Crippen molar-refractivity contribution >= 4 is 17.7 Å². The number of carbonyl (C=O) groups is 1. The number of hydrogen-bond donors (Lipinski definition) is 2. The van der Waals surface area contributed by atoms with Gasteiger partial charge in [0.25, 0.3) is 5.56 Å². The highest BCUT2D eigenvalue weighted by molar-refractivity contribution is 5.87. The van der Waals surface area contributed by atoms with Crippen LogP contribution in [0.5, 0.6) is 0 Å². The Morgan fingerprint density at radius 2 is 2.00 bits per heavy atom. The number of fused-ring (bicyclic) bond motifs is 1. The molecule has 3 aromatic rings. The molecule has 0 aliphatic heterocycles. The van der Waals surface area contributed by atoms with Gasteiger partial charge in [-0.3, -0.25) is 4.79 Å². The molecule has 21 heavy (non-hydrogen) atoms. The molecule has 0 fully saturated rings. The number of carboxylic acid groups (broad SMARTS) is 1. The second-order valence-electron chi connectivity index (χ2n) is 4.45. The summed E-state index contributed by atoms with van der Waals surface area (Å²) in [4.78, 5) is 27.1. The van der Waals surface area contributed by atoms with Crippen LogP contribution in [0.4, 0.5) is 5.95 Å². The van der Waals surface area contributed by atoms with E-state index in [1.54, 1.807) is 0 Å². The van der Waals surface area contributed by atoms with Gasteiger partial charge in [0.15, 0.2) is 0 Å². The predicted molar refractivity (Wildman–Crippen MR) is 74.2 cm³/mol. The molecule has 106 valence electrons. The summed E-state index contributed by atoms with van der Waals surface area (Å²) in [6, 6.07) is 9.38. The van der Waals surface area contributed by atoms with Gasteiger partial charge in [-0.1, -0.05) is 30.3 Å². The van der Waals surface area contributed by atoms with Gasteiger partial charge in [0.2, 0.25) is 11.7 Å². The van der Waals surface area contributed by atoms with Crippen LogP contribution in [-0.2, 0) is 6.54 Å². The maximum absolute atomic E-state index is 12.0. The van der Waals surface area contributed by atoms with E-state index < -0.39 is 11.5 Å². The number of aromatic nitrogens is 4. The van der Waals surface area contributed by atoms with Crippen molar-refractivity contribution in [2.45, 2.75) is 6.54 Å². The van der Waals surface area contributed by atoms with Crippen molar-refractivity contribution in [1.29, 1.82) is 0 Å². The minimum absolute atomic E-state index is 0.0866. The fourth-order valence-corrected chi connectivity index (χ4v) is 2.07. The predicted octanol–water partition coefficient (Wildman–Crippen LogP) is 0.220. The molecule has 0 amide bonds. The van der Waals surface area contributed by atoms with Gasteiger partial charge in [0.05, 0.1) is 6.54 Å². The van der Waals surface area contributed by atoms with E-state index in [0.717, 1.165) is 10.1 Å². The van der Waals surface area contributed by atoms with Crippen LogP contribution in [0.3, 0.4) is 0 Å². The van der Waals surface area contributed by atoms with Crippen molar-refractivity contribution in [2.24, 2.45) is 0 Å². The van der Waals surface area contributed by atoms with Gasteiger partial charge >= 0.3 is 5.97 Å². The molecule has 0 radical (unpaired) electrons. The molecule has 0 aliphatic carbocycles.